The SMILES string of the molecule is CNC(CN1CCC(F)(F)CC1)C(=O)O. The fourth-order valence-corrected chi connectivity index (χ4v) is 1.61. The van der Waals surface area contributed by atoms with Crippen LogP contribution in [-0.4, -0.2) is 54.6 Å². The molecule has 6 heteroatoms. The van der Waals surface area contributed by atoms with E-state index in [-0.39, 0.29) is 32.5 Å². The van der Waals surface area contributed by atoms with Crippen molar-refractivity contribution in [3.05, 3.63) is 0 Å². The van der Waals surface area contributed by atoms with E-state index in [0.717, 1.165) is 0 Å². The summed E-state index contributed by atoms with van der Waals surface area (Å²) in [5.74, 6) is -3.52. The van der Waals surface area contributed by atoms with Gasteiger partial charge in [0.1, 0.15) is 6.04 Å². The lowest BCUT2D eigenvalue weighted by atomic mass is 10.1. The molecule has 1 unspecified atom stereocenters. The van der Waals surface area contributed by atoms with E-state index in [9.17, 15) is 13.6 Å². The fraction of sp³-hybridized carbons (Fsp3) is 0.889. The van der Waals surface area contributed by atoms with Gasteiger partial charge in [-0.25, -0.2) is 8.78 Å². The van der Waals surface area contributed by atoms with Crippen molar-refractivity contribution in [1.29, 1.82) is 0 Å². The number of hydrogen-bond donors (Lipinski definition) is 2. The molecule has 1 rings (SSSR count). The molecule has 2 N–H and O–H groups in total. The van der Waals surface area contributed by atoms with Crippen molar-refractivity contribution in [2.45, 2.75) is 24.8 Å². The molecule has 0 amide bonds. The maximum absolute atomic E-state index is 12.8. The van der Waals surface area contributed by atoms with E-state index < -0.39 is 17.9 Å². The van der Waals surface area contributed by atoms with Gasteiger partial charge in [0.2, 0.25) is 0 Å². The van der Waals surface area contributed by atoms with Gasteiger partial charge in [0.15, 0.2) is 0 Å². The monoisotopic (exact) mass is 222 g/mol. The molecule has 0 aromatic carbocycles. The number of hydrogen-bond acceptors (Lipinski definition) is 3. The number of nitrogens with zero attached hydrogens (tertiary/aromatic N) is 1. The number of halogens is 2. The summed E-state index contributed by atoms with van der Waals surface area (Å²) in [4.78, 5) is 12.5. The Morgan fingerprint density at radius 3 is 2.47 bits per heavy atom. The second-order valence-corrected chi connectivity index (χ2v) is 3.84. The molecule has 1 aliphatic heterocycles. The molecule has 0 spiro atoms. The maximum Gasteiger partial charge on any atom is 0.322 e. The number of carboxylic acids is 1. The molecule has 1 saturated heterocycles. The first-order valence-corrected chi connectivity index (χ1v) is 4.95. The molecule has 0 aliphatic carbocycles. The van der Waals surface area contributed by atoms with Crippen molar-refractivity contribution in [2.24, 2.45) is 0 Å². The highest BCUT2D eigenvalue weighted by atomic mass is 19.3. The lowest BCUT2D eigenvalue weighted by Crippen LogP contribution is -2.48. The number of likely N-dealkylation sites (N-methyl/N-ethyl adjacent to an activating group) is 1. The molecule has 0 aromatic heterocycles. The average molecular weight is 222 g/mol. The van der Waals surface area contributed by atoms with E-state index in [1.165, 1.54) is 0 Å². The predicted octanol–water partition coefficient (Wildman–Crippen LogP) is 0.390. The zero-order chi connectivity index (χ0) is 11.5. The van der Waals surface area contributed by atoms with Gasteiger partial charge in [0.25, 0.3) is 5.92 Å². The Labute approximate surface area is 87.2 Å². The summed E-state index contributed by atoms with van der Waals surface area (Å²) in [5, 5.41) is 11.4. The summed E-state index contributed by atoms with van der Waals surface area (Å²) in [5.41, 5.74) is 0. The van der Waals surface area contributed by atoms with Crippen LogP contribution in [0.3, 0.4) is 0 Å². The van der Waals surface area contributed by atoms with Crippen molar-refractivity contribution < 1.29 is 18.7 Å². The first-order chi connectivity index (χ1) is 6.94. The molecule has 1 aliphatic rings. The third-order valence-corrected chi connectivity index (χ3v) is 2.67. The summed E-state index contributed by atoms with van der Waals surface area (Å²) in [6.07, 6.45) is -0.355. The van der Waals surface area contributed by atoms with Crippen molar-refractivity contribution in [1.82, 2.24) is 10.2 Å². The van der Waals surface area contributed by atoms with Crippen LogP contribution >= 0.6 is 0 Å². The van der Waals surface area contributed by atoms with Crippen LogP contribution in [0.2, 0.25) is 0 Å². The Balaban J connectivity index is 2.38. The Kier molecular flexibility index (Phi) is 3.98. The third kappa shape index (κ3) is 3.71. The quantitative estimate of drug-likeness (QED) is 0.722. The third-order valence-electron chi connectivity index (χ3n) is 2.67. The second-order valence-electron chi connectivity index (χ2n) is 3.84. The van der Waals surface area contributed by atoms with Gasteiger partial charge in [-0.2, -0.15) is 0 Å². The number of alkyl halides is 2. The summed E-state index contributed by atoms with van der Waals surface area (Å²) >= 11 is 0. The minimum atomic E-state index is -2.57. The lowest BCUT2D eigenvalue weighted by molar-refractivity contribution is -0.140. The average Bonchev–Trinajstić information content (AvgIpc) is 2.15. The standard InChI is InChI=1S/C9H16F2N2O2/c1-12-7(8(14)15)6-13-4-2-9(10,11)3-5-13/h7,12H,2-6H2,1H3,(H,14,15). The molecule has 88 valence electrons. The number of piperidine rings is 1. The fourth-order valence-electron chi connectivity index (χ4n) is 1.61. The maximum atomic E-state index is 12.8. The number of aliphatic carboxylic acids is 1. The van der Waals surface area contributed by atoms with Crippen molar-refractivity contribution in [2.75, 3.05) is 26.7 Å². The topological polar surface area (TPSA) is 52.6 Å². The van der Waals surface area contributed by atoms with Crippen LogP contribution in [0.5, 0.6) is 0 Å². The Bertz CT molecular complexity index is 226. The molecule has 0 aromatic rings. The van der Waals surface area contributed by atoms with Crippen LogP contribution < -0.4 is 5.32 Å². The van der Waals surface area contributed by atoms with Crippen molar-refractivity contribution in [3.8, 4) is 0 Å². The first-order valence-electron chi connectivity index (χ1n) is 4.95. The lowest BCUT2D eigenvalue weighted by Gasteiger charge is -2.32. The van der Waals surface area contributed by atoms with Crippen LogP contribution in [0.1, 0.15) is 12.8 Å². The van der Waals surface area contributed by atoms with E-state index in [4.69, 9.17) is 5.11 Å². The van der Waals surface area contributed by atoms with Crippen LogP contribution in [0.25, 0.3) is 0 Å². The van der Waals surface area contributed by atoms with Gasteiger partial charge >= 0.3 is 5.97 Å². The number of carbonyl (C=O) groups is 1. The Morgan fingerprint density at radius 2 is 2.07 bits per heavy atom. The summed E-state index contributed by atoms with van der Waals surface area (Å²) in [6.45, 7) is 0.804. The molecule has 4 nitrogen and oxygen atoms in total. The van der Waals surface area contributed by atoms with Gasteiger partial charge in [0, 0.05) is 32.5 Å². The zero-order valence-corrected chi connectivity index (χ0v) is 8.67. The predicted molar refractivity (Wildman–Crippen MR) is 51.1 cm³/mol. The van der Waals surface area contributed by atoms with E-state index in [1.54, 1.807) is 11.9 Å². The van der Waals surface area contributed by atoms with Crippen LogP contribution in [0.15, 0.2) is 0 Å². The van der Waals surface area contributed by atoms with Gasteiger partial charge in [-0.15, -0.1) is 0 Å². The number of likely N-dealkylation sites (tertiary alicyclic amines) is 1. The highest BCUT2D eigenvalue weighted by molar-refractivity contribution is 5.73. The minimum Gasteiger partial charge on any atom is -0.480 e. The van der Waals surface area contributed by atoms with Gasteiger partial charge in [-0.05, 0) is 7.05 Å². The molecule has 1 atom stereocenters. The highest BCUT2D eigenvalue weighted by Crippen LogP contribution is 2.27. The number of rotatable bonds is 4. The van der Waals surface area contributed by atoms with E-state index >= 15 is 0 Å². The van der Waals surface area contributed by atoms with Gasteiger partial charge in [-0.3, -0.25) is 4.79 Å². The molecule has 0 radical (unpaired) electrons. The van der Waals surface area contributed by atoms with Gasteiger partial charge < -0.3 is 15.3 Å². The number of nitrogens with one attached hydrogen (secondary N) is 1. The molecular formula is C9H16F2N2O2. The van der Waals surface area contributed by atoms with Crippen LogP contribution in [0.4, 0.5) is 8.78 Å². The Hall–Kier alpha value is -0.750. The first kappa shape index (κ1) is 12.3. The Morgan fingerprint density at radius 1 is 1.53 bits per heavy atom. The molecule has 1 heterocycles. The van der Waals surface area contributed by atoms with Gasteiger partial charge in [-0.1, -0.05) is 0 Å². The summed E-state index contributed by atoms with van der Waals surface area (Å²) in [7, 11) is 1.55. The van der Waals surface area contributed by atoms with E-state index in [1.807, 2.05) is 0 Å². The highest BCUT2D eigenvalue weighted by Gasteiger charge is 2.34. The second kappa shape index (κ2) is 4.85. The van der Waals surface area contributed by atoms with Gasteiger partial charge in [0.05, 0.1) is 0 Å². The molecule has 15 heavy (non-hydrogen) atoms. The van der Waals surface area contributed by atoms with Crippen LogP contribution in [0, 0.1) is 0 Å². The molecule has 1 fully saturated rings. The van der Waals surface area contributed by atoms with E-state index in [2.05, 4.69) is 5.32 Å². The minimum absolute atomic E-state index is 0.178. The molecule has 0 bridgehead atoms. The van der Waals surface area contributed by atoms with Crippen molar-refractivity contribution >= 4 is 5.97 Å². The normalized spacial score (nSPS) is 23.7. The van der Waals surface area contributed by atoms with Crippen molar-refractivity contribution in [3.63, 3.8) is 0 Å². The molecular weight excluding hydrogens is 206 g/mol. The summed E-state index contributed by atoms with van der Waals surface area (Å²) < 4.78 is 25.6. The smallest absolute Gasteiger partial charge is 0.322 e. The largest absolute Gasteiger partial charge is 0.480 e. The molecule has 0 saturated carbocycles. The number of carboxylic acid groups (broad SMARTS) is 1. The van der Waals surface area contributed by atoms with Crippen LogP contribution in [-0.2, 0) is 4.79 Å². The zero-order valence-electron chi connectivity index (χ0n) is 8.67. The summed E-state index contributed by atoms with van der Waals surface area (Å²) in [6, 6.07) is -0.684. The van der Waals surface area contributed by atoms with E-state index in [0.29, 0.717) is 0 Å².